The molecular weight excluding hydrogens is 320 g/mol. The zero-order valence-corrected chi connectivity index (χ0v) is 15.9. The van der Waals surface area contributed by atoms with Gasteiger partial charge in [0.05, 0.1) is 17.6 Å². The van der Waals surface area contributed by atoms with Crippen molar-refractivity contribution in [2.75, 3.05) is 0 Å². The lowest BCUT2D eigenvalue weighted by Crippen LogP contribution is -2.31. The molecule has 0 radical (unpaired) electrons. The fourth-order valence-electron chi connectivity index (χ4n) is 3.09. The highest BCUT2D eigenvalue weighted by atomic mass is 16.5. The number of hydrogen-bond donors (Lipinski definition) is 0. The molecular formula is C23H26N2O. The molecule has 0 saturated heterocycles. The van der Waals surface area contributed by atoms with Crippen molar-refractivity contribution in [3.05, 3.63) is 89.5 Å². The summed E-state index contributed by atoms with van der Waals surface area (Å²) in [6.07, 6.45) is 3.59. The van der Waals surface area contributed by atoms with Crippen LogP contribution in [-0.2, 0) is 12.0 Å². The lowest BCUT2D eigenvalue weighted by molar-refractivity contribution is 0.299. The van der Waals surface area contributed by atoms with Crippen LogP contribution in [0.1, 0.15) is 43.3 Å². The van der Waals surface area contributed by atoms with Crippen LogP contribution in [0.4, 0.5) is 0 Å². The molecule has 1 atom stereocenters. The maximum atomic E-state index is 5.82. The monoisotopic (exact) mass is 346 g/mol. The van der Waals surface area contributed by atoms with Gasteiger partial charge in [-0.15, -0.1) is 0 Å². The van der Waals surface area contributed by atoms with Gasteiger partial charge in [-0.3, -0.25) is 9.97 Å². The maximum Gasteiger partial charge on any atom is 0.138 e. The third-order valence-electron chi connectivity index (χ3n) is 5.19. The number of pyridine rings is 2. The van der Waals surface area contributed by atoms with E-state index in [0.717, 1.165) is 17.1 Å². The maximum absolute atomic E-state index is 5.82. The first-order valence-corrected chi connectivity index (χ1v) is 9.06. The van der Waals surface area contributed by atoms with Gasteiger partial charge < -0.3 is 4.74 Å². The molecule has 2 aromatic heterocycles. The fraction of sp³-hybridized carbons (Fsp3) is 0.304. The van der Waals surface area contributed by atoms with Gasteiger partial charge in [-0.05, 0) is 49.6 Å². The summed E-state index contributed by atoms with van der Waals surface area (Å²) < 4.78 is 5.82. The Bertz CT molecular complexity index is 826. The first-order valence-electron chi connectivity index (χ1n) is 9.06. The van der Waals surface area contributed by atoms with E-state index in [9.17, 15) is 0 Å². The van der Waals surface area contributed by atoms with Gasteiger partial charge in [-0.1, -0.05) is 49.7 Å². The summed E-state index contributed by atoms with van der Waals surface area (Å²) in [5.41, 5.74) is 4.37. The average molecular weight is 346 g/mol. The van der Waals surface area contributed by atoms with E-state index in [1.165, 1.54) is 11.1 Å². The molecule has 0 bridgehead atoms. The summed E-state index contributed by atoms with van der Waals surface area (Å²) in [6.45, 7) is 9.31. The molecule has 1 unspecified atom stereocenters. The molecule has 134 valence electrons. The number of benzene rings is 1. The largest absolute Gasteiger partial charge is 0.486 e. The van der Waals surface area contributed by atoms with E-state index in [2.05, 4.69) is 63.0 Å². The second kappa shape index (κ2) is 7.69. The molecule has 0 saturated carbocycles. The minimum absolute atomic E-state index is 0.146. The van der Waals surface area contributed by atoms with Crippen molar-refractivity contribution < 1.29 is 4.74 Å². The Hall–Kier alpha value is -2.68. The van der Waals surface area contributed by atoms with Gasteiger partial charge in [0.25, 0.3) is 0 Å². The van der Waals surface area contributed by atoms with Gasteiger partial charge in [0, 0.05) is 11.6 Å². The van der Waals surface area contributed by atoms with Crippen molar-refractivity contribution in [3.63, 3.8) is 0 Å². The van der Waals surface area contributed by atoms with Gasteiger partial charge in [-0.25, -0.2) is 0 Å². The Labute approximate surface area is 156 Å². The summed E-state index contributed by atoms with van der Waals surface area (Å²) in [7, 11) is 0. The molecule has 3 heteroatoms. The van der Waals surface area contributed by atoms with E-state index in [1.807, 2.05) is 30.5 Å². The Balaban J connectivity index is 1.81. The topological polar surface area (TPSA) is 35.0 Å². The number of ether oxygens (including phenoxy) is 1. The van der Waals surface area contributed by atoms with Crippen molar-refractivity contribution in [1.29, 1.82) is 0 Å². The molecule has 3 aromatic rings. The predicted octanol–water partition coefficient (Wildman–Crippen LogP) is 5.33. The first kappa shape index (κ1) is 18.1. The summed E-state index contributed by atoms with van der Waals surface area (Å²) in [6, 6.07) is 18.6. The lowest BCUT2D eigenvalue weighted by Gasteiger charge is -2.34. The smallest absolute Gasteiger partial charge is 0.138 e. The van der Waals surface area contributed by atoms with Crippen LogP contribution < -0.4 is 4.74 Å². The molecule has 0 aliphatic carbocycles. The number of nitrogens with zero attached hydrogens (tertiary/aromatic N) is 2. The summed E-state index contributed by atoms with van der Waals surface area (Å²) in [5, 5.41) is 0. The molecule has 0 aliphatic rings. The van der Waals surface area contributed by atoms with Crippen LogP contribution in [0.15, 0.2) is 67.0 Å². The molecule has 0 spiro atoms. The van der Waals surface area contributed by atoms with Crippen LogP contribution in [0.25, 0.3) is 0 Å². The first-order chi connectivity index (χ1) is 12.5. The minimum atomic E-state index is -0.146. The molecule has 0 aliphatic heterocycles. The Morgan fingerprint density at radius 3 is 2.31 bits per heavy atom. The Morgan fingerprint density at radius 1 is 0.962 bits per heavy atom. The molecule has 0 N–H and O–H groups in total. The summed E-state index contributed by atoms with van der Waals surface area (Å²) in [4.78, 5) is 9.01. The highest BCUT2D eigenvalue weighted by molar-refractivity contribution is 5.38. The van der Waals surface area contributed by atoms with Gasteiger partial charge in [0.2, 0.25) is 0 Å². The third kappa shape index (κ3) is 3.77. The highest BCUT2D eigenvalue weighted by Crippen LogP contribution is 2.38. The van der Waals surface area contributed by atoms with Crippen molar-refractivity contribution in [3.8, 4) is 5.75 Å². The molecule has 1 aromatic carbocycles. The number of rotatable bonds is 6. The average Bonchev–Trinajstić information content (AvgIpc) is 2.67. The second-order valence-electron chi connectivity index (χ2n) is 7.21. The van der Waals surface area contributed by atoms with Gasteiger partial charge >= 0.3 is 0 Å². The molecule has 2 heterocycles. The third-order valence-corrected chi connectivity index (χ3v) is 5.19. The molecule has 0 amide bonds. The van der Waals surface area contributed by atoms with Crippen molar-refractivity contribution in [1.82, 2.24) is 9.97 Å². The number of hydrogen-bond acceptors (Lipinski definition) is 3. The molecule has 26 heavy (non-hydrogen) atoms. The standard InChI is InChI=1S/C23H26N2O/c1-17(2)23(4,19-10-8-18(3)9-11-19)22-13-12-21(15-25-22)26-16-20-7-5-6-14-24-20/h5-15,17H,16H2,1-4H3. The van der Waals surface area contributed by atoms with Crippen LogP contribution in [-0.4, -0.2) is 9.97 Å². The Morgan fingerprint density at radius 2 is 1.73 bits per heavy atom. The van der Waals surface area contributed by atoms with Gasteiger partial charge in [-0.2, -0.15) is 0 Å². The summed E-state index contributed by atoms with van der Waals surface area (Å²) in [5.74, 6) is 1.17. The zero-order chi connectivity index (χ0) is 18.6. The van der Waals surface area contributed by atoms with Crippen LogP contribution in [0.2, 0.25) is 0 Å². The van der Waals surface area contributed by atoms with E-state index in [4.69, 9.17) is 9.72 Å². The van der Waals surface area contributed by atoms with Crippen LogP contribution in [0.5, 0.6) is 5.75 Å². The zero-order valence-electron chi connectivity index (χ0n) is 15.9. The highest BCUT2D eigenvalue weighted by Gasteiger charge is 2.33. The summed E-state index contributed by atoms with van der Waals surface area (Å²) >= 11 is 0. The van der Waals surface area contributed by atoms with E-state index >= 15 is 0 Å². The molecule has 3 rings (SSSR count). The van der Waals surface area contributed by atoms with E-state index in [1.54, 1.807) is 6.20 Å². The lowest BCUT2D eigenvalue weighted by atomic mass is 9.70. The predicted molar refractivity (Wildman–Crippen MR) is 105 cm³/mol. The second-order valence-corrected chi connectivity index (χ2v) is 7.21. The number of aryl methyl sites for hydroxylation is 1. The number of aromatic nitrogens is 2. The van der Waals surface area contributed by atoms with Crippen LogP contribution in [0, 0.1) is 12.8 Å². The van der Waals surface area contributed by atoms with Crippen molar-refractivity contribution in [2.24, 2.45) is 5.92 Å². The van der Waals surface area contributed by atoms with E-state index in [0.29, 0.717) is 12.5 Å². The normalized spacial score (nSPS) is 13.4. The van der Waals surface area contributed by atoms with Gasteiger partial charge in [0.15, 0.2) is 0 Å². The van der Waals surface area contributed by atoms with Crippen LogP contribution in [0.3, 0.4) is 0 Å². The van der Waals surface area contributed by atoms with E-state index < -0.39 is 0 Å². The van der Waals surface area contributed by atoms with Crippen LogP contribution >= 0.6 is 0 Å². The SMILES string of the molecule is Cc1ccc(C(C)(c2ccc(OCc3ccccn3)cn2)C(C)C)cc1. The molecule has 3 nitrogen and oxygen atoms in total. The van der Waals surface area contributed by atoms with Crippen molar-refractivity contribution in [2.45, 2.75) is 39.7 Å². The van der Waals surface area contributed by atoms with Crippen molar-refractivity contribution >= 4 is 0 Å². The van der Waals surface area contributed by atoms with Gasteiger partial charge in [0.1, 0.15) is 12.4 Å². The fourth-order valence-corrected chi connectivity index (χ4v) is 3.09. The quantitative estimate of drug-likeness (QED) is 0.605. The minimum Gasteiger partial charge on any atom is -0.486 e. The molecule has 0 fully saturated rings. The Kier molecular flexibility index (Phi) is 5.36. The van der Waals surface area contributed by atoms with E-state index in [-0.39, 0.29) is 5.41 Å².